The van der Waals surface area contributed by atoms with E-state index in [0.717, 1.165) is 10.8 Å². The van der Waals surface area contributed by atoms with Gasteiger partial charge in [-0.1, -0.05) is 36.4 Å². The zero-order valence-corrected chi connectivity index (χ0v) is 14.0. The summed E-state index contributed by atoms with van der Waals surface area (Å²) in [5.74, 6) is -0.932. The topological polar surface area (TPSA) is 88.0 Å². The normalized spacial score (nSPS) is 10.8. The monoisotopic (exact) mass is 348 g/mol. The number of hydrogen-bond donors (Lipinski definition) is 2. The first-order chi connectivity index (χ1) is 12.6. The predicted octanol–water partition coefficient (Wildman–Crippen LogP) is 3.31. The van der Waals surface area contributed by atoms with Gasteiger partial charge in [0.1, 0.15) is 5.75 Å². The Bertz CT molecular complexity index is 994. The summed E-state index contributed by atoms with van der Waals surface area (Å²) in [5.41, 5.74) is 3.69. The minimum atomic E-state index is -0.995. The van der Waals surface area contributed by atoms with Crippen LogP contribution in [0.5, 0.6) is 5.75 Å². The lowest BCUT2D eigenvalue weighted by Gasteiger charge is -2.09. The lowest BCUT2D eigenvalue weighted by atomic mass is 10.1. The van der Waals surface area contributed by atoms with E-state index in [1.165, 1.54) is 25.5 Å². The van der Waals surface area contributed by atoms with Crippen LogP contribution in [-0.4, -0.2) is 30.3 Å². The van der Waals surface area contributed by atoms with Crippen molar-refractivity contribution in [1.82, 2.24) is 5.43 Å². The number of fused-ring (bicyclic) bond motifs is 1. The van der Waals surface area contributed by atoms with Crippen LogP contribution in [-0.2, 0) is 0 Å². The van der Waals surface area contributed by atoms with Gasteiger partial charge in [-0.15, -0.1) is 0 Å². The highest BCUT2D eigenvalue weighted by Gasteiger charge is 2.13. The number of benzene rings is 3. The molecular formula is C20H16N2O4. The van der Waals surface area contributed by atoms with Crippen LogP contribution >= 0.6 is 0 Å². The molecule has 3 rings (SSSR count). The fourth-order valence-electron chi connectivity index (χ4n) is 2.50. The van der Waals surface area contributed by atoms with Crippen LogP contribution in [0.25, 0.3) is 10.8 Å². The van der Waals surface area contributed by atoms with E-state index in [4.69, 9.17) is 9.84 Å². The Morgan fingerprint density at radius 1 is 1.04 bits per heavy atom. The molecule has 6 nitrogen and oxygen atoms in total. The number of hydrazone groups is 1. The molecule has 130 valence electrons. The Balaban J connectivity index is 1.77. The molecule has 0 radical (unpaired) electrons. The van der Waals surface area contributed by atoms with Crippen LogP contribution in [0.15, 0.2) is 65.8 Å². The molecule has 0 aromatic heterocycles. The molecule has 0 atom stereocenters. The molecule has 2 N–H and O–H groups in total. The van der Waals surface area contributed by atoms with E-state index < -0.39 is 11.9 Å². The van der Waals surface area contributed by atoms with Crippen molar-refractivity contribution in [3.8, 4) is 5.75 Å². The Kier molecular flexibility index (Phi) is 4.94. The number of rotatable bonds is 5. The minimum absolute atomic E-state index is 0.187. The highest BCUT2D eigenvalue weighted by Crippen LogP contribution is 2.25. The standard InChI is InChI=1S/C20H16N2O4/c1-26-18-11-16-5-3-2-4-15(16)10-17(18)19(23)22-21-12-13-6-8-14(9-7-13)20(24)25/h2-12H,1H3,(H,22,23)(H,24,25). The SMILES string of the molecule is COc1cc2ccccc2cc1C(=O)NN=Cc1ccc(C(=O)O)cc1. The maximum absolute atomic E-state index is 12.4. The molecule has 0 spiro atoms. The molecule has 26 heavy (non-hydrogen) atoms. The number of nitrogens with one attached hydrogen (secondary N) is 1. The minimum Gasteiger partial charge on any atom is -0.496 e. The molecule has 0 saturated heterocycles. The summed E-state index contributed by atoms with van der Waals surface area (Å²) in [7, 11) is 1.51. The van der Waals surface area contributed by atoms with Crippen molar-refractivity contribution in [2.75, 3.05) is 7.11 Å². The molecule has 0 heterocycles. The Labute approximate surface area is 149 Å². The first-order valence-corrected chi connectivity index (χ1v) is 7.82. The van der Waals surface area contributed by atoms with Gasteiger partial charge >= 0.3 is 5.97 Å². The van der Waals surface area contributed by atoms with Gasteiger partial charge in [-0.3, -0.25) is 4.79 Å². The number of carboxylic acids is 1. The quantitative estimate of drug-likeness (QED) is 0.547. The zero-order valence-electron chi connectivity index (χ0n) is 14.0. The number of ether oxygens (including phenoxy) is 1. The van der Waals surface area contributed by atoms with Crippen LogP contribution < -0.4 is 10.2 Å². The van der Waals surface area contributed by atoms with Gasteiger partial charge in [0.05, 0.1) is 24.5 Å². The molecule has 0 aliphatic carbocycles. The van der Waals surface area contributed by atoms with Crippen LogP contribution in [0, 0.1) is 0 Å². The molecule has 3 aromatic rings. The molecule has 0 fully saturated rings. The fraction of sp³-hybridized carbons (Fsp3) is 0.0500. The third-order valence-electron chi connectivity index (χ3n) is 3.85. The summed E-state index contributed by atoms with van der Waals surface area (Å²) in [6, 6.07) is 17.4. The van der Waals surface area contributed by atoms with E-state index in [1.54, 1.807) is 24.3 Å². The van der Waals surface area contributed by atoms with Gasteiger partial charge in [0.2, 0.25) is 0 Å². The summed E-state index contributed by atoms with van der Waals surface area (Å²) >= 11 is 0. The number of carbonyl (C=O) groups excluding carboxylic acids is 1. The second-order valence-corrected chi connectivity index (χ2v) is 5.53. The van der Waals surface area contributed by atoms with Gasteiger partial charge in [-0.05, 0) is 40.6 Å². The number of methoxy groups -OCH3 is 1. The average molecular weight is 348 g/mol. The number of nitrogens with zero attached hydrogens (tertiary/aromatic N) is 1. The summed E-state index contributed by atoms with van der Waals surface area (Å²) < 4.78 is 5.31. The molecular weight excluding hydrogens is 332 g/mol. The summed E-state index contributed by atoms with van der Waals surface area (Å²) in [5, 5.41) is 14.7. The number of aromatic carboxylic acids is 1. The van der Waals surface area contributed by atoms with E-state index in [-0.39, 0.29) is 5.56 Å². The van der Waals surface area contributed by atoms with Gasteiger partial charge in [0.15, 0.2) is 0 Å². The average Bonchev–Trinajstić information content (AvgIpc) is 2.67. The number of hydrogen-bond acceptors (Lipinski definition) is 4. The molecule has 1 amide bonds. The zero-order chi connectivity index (χ0) is 18.5. The predicted molar refractivity (Wildman–Crippen MR) is 99.0 cm³/mol. The smallest absolute Gasteiger partial charge is 0.335 e. The van der Waals surface area contributed by atoms with Crippen molar-refractivity contribution < 1.29 is 19.4 Å². The first kappa shape index (κ1) is 17.2. The number of carbonyl (C=O) groups is 2. The third-order valence-corrected chi connectivity index (χ3v) is 3.85. The fourth-order valence-corrected chi connectivity index (χ4v) is 2.50. The Hall–Kier alpha value is -3.67. The van der Waals surface area contributed by atoms with E-state index in [1.807, 2.05) is 24.3 Å². The van der Waals surface area contributed by atoms with E-state index >= 15 is 0 Å². The Morgan fingerprint density at radius 3 is 2.31 bits per heavy atom. The van der Waals surface area contributed by atoms with Crippen molar-refractivity contribution >= 4 is 28.9 Å². The van der Waals surface area contributed by atoms with Crippen molar-refractivity contribution in [2.45, 2.75) is 0 Å². The Morgan fingerprint density at radius 2 is 1.69 bits per heavy atom. The van der Waals surface area contributed by atoms with E-state index in [2.05, 4.69) is 10.5 Å². The van der Waals surface area contributed by atoms with Gasteiger partial charge in [0.25, 0.3) is 5.91 Å². The molecule has 3 aromatic carbocycles. The molecule has 0 saturated carbocycles. The molecule has 0 unspecified atom stereocenters. The first-order valence-electron chi connectivity index (χ1n) is 7.82. The lowest BCUT2D eigenvalue weighted by molar-refractivity contribution is 0.0696. The van der Waals surface area contributed by atoms with Crippen LogP contribution in [0.3, 0.4) is 0 Å². The second kappa shape index (κ2) is 7.48. The second-order valence-electron chi connectivity index (χ2n) is 5.53. The van der Waals surface area contributed by atoms with Crippen molar-refractivity contribution in [2.24, 2.45) is 5.10 Å². The molecule has 6 heteroatoms. The summed E-state index contributed by atoms with van der Waals surface area (Å²) in [4.78, 5) is 23.2. The highest BCUT2D eigenvalue weighted by atomic mass is 16.5. The maximum atomic E-state index is 12.4. The summed E-state index contributed by atoms with van der Waals surface area (Å²) in [6.45, 7) is 0. The van der Waals surface area contributed by atoms with Crippen molar-refractivity contribution in [3.63, 3.8) is 0 Å². The van der Waals surface area contributed by atoms with Crippen LogP contribution in [0.4, 0.5) is 0 Å². The number of amides is 1. The van der Waals surface area contributed by atoms with Gasteiger partial charge < -0.3 is 9.84 Å². The van der Waals surface area contributed by atoms with E-state index in [9.17, 15) is 9.59 Å². The maximum Gasteiger partial charge on any atom is 0.335 e. The summed E-state index contributed by atoms with van der Waals surface area (Å²) in [6.07, 6.45) is 1.44. The van der Waals surface area contributed by atoms with Gasteiger partial charge in [0, 0.05) is 0 Å². The van der Waals surface area contributed by atoms with Crippen LogP contribution in [0.1, 0.15) is 26.3 Å². The largest absolute Gasteiger partial charge is 0.496 e. The third kappa shape index (κ3) is 3.70. The van der Waals surface area contributed by atoms with Gasteiger partial charge in [-0.25, -0.2) is 10.2 Å². The molecule has 0 bridgehead atoms. The van der Waals surface area contributed by atoms with Crippen molar-refractivity contribution in [3.05, 3.63) is 77.4 Å². The molecule has 0 aliphatic rings. The lowest BCUT2D eigenvalue weighted by Crippen LogP contribution is -2.18. The van der Waals surface area contributed by atoms with Crippen molar-refractivity contribution in [1.29, 1.82) is 0 Å². The highest BCUT2D eigenvalue weighted by molar-refractivity contribution is 6.02. The van der Waals surface area contributed by atoms with Gasteiger partial charge in [-0.2, -0.15) is 5.10 Å². The number of carboxylic acid groups (broad SMARTS) is 1. The van der Waals surface area contributed by atoms with E-state index in [0.29, 0.717) is 16.9 Å². The molecule has 0 aliphatic heterocycles. The van der Waals surface area contributed by atoms with Crippen LogP contribution in [0.2, 0.25) is 0 Å².